The molecule has 1 unspecified atom stereocenters. The largest absolute Gasteiger partial charge is 0.409 e. The SMILES string of the molecule is CCCCCCC(C)OCc1ccc(/C(N)=N/O)cc1C. The van der Waals surface area contributed by atoms with Crippen LogP contribution in [0.4, 0.5) is 0 Å². The average molecular weight is 292 g/mol. The van der Waals surface area contributed by atoms with Gasteiger partial charge in [0.15, 0.2) is 5.84 Å². The quantitative estimate of drug-likeness (QED) is 0.238. The van der Waals surface area contributed by atoms with Crippen molar-refractivity contribution < 1.29 is 9.94 Å². The number of nitrogens with two attached hydrogens (primary N) is 1. The van der Waals surface area contributed by atoms with Gasteiger partial charge in [0.1, 0.15) is 0 Å². The highest BCUT2D eigenvalue weighted by Crippen LogP contribution is 2.15. The van der Waals surface area contributed by atoms with Crippen LogP contribution < -0.4 is 5.73 Å². The van der Waals surface area contributed by atoms with Gasteiger partial charge >= 0.3 is 0 Å². The number of rotatable bonds is 9. The molecule has 0 aliphatic heterocycles. The molecule has 0 heterocycles. The summed E-state index contributed by atoms with van der Waals surface area (Å²) in [6, 6.07) is 5.75. The highest BCUT2D eigenvalue weighted by atomic mass is 16.5. The van der Waals surface area contributed by atoms with E-state index in [9.17, 15) is 0 Å². The van der Waals surface area contributed by atoms with Gasteiger partial charge in [-0.25, -0.2) is 0 Å². The van der Waals surface area contributed by atoms with Crippen LogP contribution in [-0.4, -0.2) is 17.1 Å². The van der Waals surface area contributed by atoms with E-state index in [-0.39, 0.29) is 11.9 Å². The van der Waals surface area contributed by atoms with Crippen LogP contribution in [-0.2, 0) is 11.3 Å². The van der Waals surface area contributed by atoms with E-state index in [1.165, 1.54) is 25.7 Å². The van der Waals surface area contributed by atoms with Gasteiger partial charge in [-0.3, -0.25) is 0 Å². The monoisotopic (exact) mass is 292 g/mol. The van der Waals surface area contributed by atoms with Crippen molar-refractivity contribution in [3.63, 3.8) is 0 Å². The second kappa shape index (κ2) is 9.40. The van der Waals surface area contributed by atoms with E-state index in [4.69, 9.17) is 15.7 Å². The normalized spacial score (nSPS) is 13.4. The molecule has 0 saturated carbocycles. The summed E-state index contributed by atoms with van der Waals surface area (Å²) in [6.45, 7) is 6.97. The lowest BCUT2D eigenvalue weighted by molar-refractivity contribution is 0.0456. The van der Waals surface area contributed by atoms with E-state index >= 15 is 0 Å². The maximum atomic E-state index is 8.68. The molecule has 1 aromatic carbocycles. The minimum atomic E-state index is 0.134. The van der Waals surface area contributed by atoms with Crippen LogP contribution >= 0.6 is 0 Å². The van der Waals surface area contributed by atoms with Crippen molar-refractivity contribution in [2.24, 2.45) is 10.9 Å². The molecule has 1 aromatic rings. The third kappa shape index (κ3) is 6.17. The summed E-state index contributed by atoms with van der Waals surface area (Å²) in [4.78, 5) is 0. The zero-order valence-corrected chi connectivity index (χ0v) is 13.4. The Morgan fingerprint density at radius 2 is 2.10 bits per heavy atom. The minimum Gasteiger partial charge on any atom is -0.409 e. The lowest BCUT2D eigenvalue weighted by atomic mass is 10.0. The summed E-state index contributed by atoms with van der Waals surface area (Å²) < 4.78 is 5.90. The standard InChI is InChI=1S/C17H28N2O2/c1-4-5-6-7-8-14(3)21-12-16-10-9-15(11-13(16)2)17(18)19-20/h9-11,14,20H,4-8,12H2,1-3H3,(H2,18,19). The number of benzene rings is 1. The molecule has 3 N–H and O–H groups in total. The number of oxime groups is 1. The minimum absolute atomic E-state index is 0.134. The molecule has 0 aliphatic carbocycles. The molecule has 1 atom stereocenters. The number of unbranched alkanes of at least 4 members (excludes halogenated alkanes) is 3. The molecule has 0 spiro atoms. The number of hydrogen-bond acceptors (Lipinski definition) is 3. The maximum absolute atomic E-state index is 8.68. The molecule has 0 bridgehead atoms. The molecule has 0 saturated heterocycles. The highest BCUT2D eigenvalue weighted by molar-refractivity contribution is 5.97. The molecule has 1 rings (SSSR count). The Hall–Kier alpha value is -1.55. The Labute approximate surface area is 128 Å². The predicted octanol–water partition coefficient (Wildman–Crippen LogP) is 3.97. The van der Waals surface area contributed by atoms with Crippen molar-refractivity contribution in [2.75, 3.05) is 0 Å². The summed E-state index contributed by atoms with van der Waals surface area (Å²) in [5, 5.41) is 11.7. The highest BCUT2D eigenvalue weighted by Gasteiger charge is 2.06. The van der Waals surface area contributed by atoms with Crippen LogP contribution in [0.5, 0.6) is 0 Å². The van der Waals surface area contributed by atoms with Gasteiger partial charge in [-0.15, -0.1) is 0 Å². The van der Waals surface area contributed by atoms with Crippen molar-refractivity contribution in [2.45, 2.75) is 65.6 Å². The average Bonchev–Trinajstić information content (AvgIpc) is 2.49. The van der Waals surface area contributed by atoms with Crippen molar-refractivity contribution in [1.29, 1.82) is 0 Å². The molecule has 4 nitrogen and oxygen atoms in total. The Bertz CT molecular complexity index is 458. The van der Waals surface area contributed by atoms with Gasteiger partial charge in [-0.2, -0.15) is 0 Å². The Balaban J connectivity index is 2.45. The van der Waals surface area contributed by atoms with E-state index in [1.807, 2.05) is 25.1 Å². The first-order valence-electron chi connectivity index (χ1n) is 7.77. The number of ether oxygens (including phenoxy) is 1. The summed E-state index contributed by atoms with van der Waals surface area (Å²) in [5.41, 5.74) is 8.55. The van der Waals surface area contributed by atoms with Crippen molar-refractivity contribution in [3.05, 3.63) is 34.9 Å². The fourth-order valence-electron chi connectivity index (χ4n) is 2.25. The molecule has 0 aromatic heterocycles. The van der Waals surface area contributed by atoms with Gasteiger partial charge in [-0.05, 0) is 37.5 Å². The van der Waals surface area contributed by atoms with Crippen LogP contribution in [0.15, 0.2) is 23.4 Å². The predicted molar refractivity (Wildman–Crippen MR) is 86.7 cm³/mol. The fraction of sp³-hybridized carbons (Fsp3) is 0.588. The first-order chi connectivity index (χ1) is 10.1. The Kier molecular flexibility index (Phi) is 7.83. The maximum Gasteiger partial charge on any atom is 0.170 e. The van der Waals surface area contributed by atoms with Crippen LogP contribution in [0.1, 0.15) is 62.6 Å². The molecule has 0 radical (unpaired) electrons. The zero-order valence-electron chi connectivity index (χ0n) is 13.4. The van der Waals surface area contributed by atoms with Crippen molar-refractivity contribution in [1.82, 2.24) is 0 Å². The third-order valence-electron chi connectivity index (χ3n) is 3.73. The first-order valence-corrected chi connectivity index (χ1v) is 7.77. The second-order valence-electron chi connectivity index (χ2n) is 5.60. The van der Waals surface area contributed by atoms with Crippen LogP contribution in [0.3, 0.4) is 0 Å². The van der Waals surface area contributed by atoms with Crippen LogP contribution in [0.25, 0.3) is 0 Å². The van der Waals surface area contributed by atoms with Gasteiger partial charge < -0.3 is 15.7 Å². The third-order valence-corrected chi connectivity index (χ3v) is 3.73. The van der Waals surface area contributed by atoms with Crippen molar-refractivity contribution in [3.8, 4) is 0 Å². The number of hydrogen-bond donors (Lipinski definition) is 2. The van der Waals surface area contributed by atoms with E-state index in [1.54, 1.807) is 0 Å². The van der Waals surface area contributed by atoms with E-state index in [0.717, 1.165) is 23.1 Å². The molecular weight excluding hydrogens is 264 g/mol. The van der Waals surface area contributed by atoms with Crippen molar-refractivity contribution >= 4 is 5.84 Å². The van der Waals surface area contributed by atoms with Crippen LogP contribution in [0, 0.1) is 6.92 Å². The molecule has 0 fully saturated rings. The van der Waals surface area contributed by atoms with Crippen LogP contribution in [0.2, 0.25) is 0 Å². The Morgan fingerprint density at radius 3 is 2.71 bits per heavy atom. The van der Waals surface area contributed by atoms with Gasteiger partial charge in [-0.1, -0.05) is 49.9 Å². The summed E-state index contributed by atoms with van der Waals surface area (Å²) in [5.74, 6) is 0.134. The van der Waals surface area contributed by atoms with Gasteiger partial charge in [0.2, 0.25) is 0 Å². The van der Waals surface area contributed by atoms with Gasteiger partial charge in [0.05, 0.1) is 12.7 Å². The van der Waals surface area contributed by atoms with Gasteiger partial charge in [0.25, 0.3) is 0 Å². The number of nitrogens with zero attached hydrogens (tertiary/aromatic N) is 1. The lowest BCUT2D eigenvalue weighted by Crippen LogP contribution is -2.14. The second-order valence-corrected chi connectivity index (χ2v) is 5.60. The topological polar surface area (TPSA) is 67.8 Å². The van der Waals surface area contributed by atoms with Gasteiger partial charge in [0, 0.05) is 5.56 Å². The Morgan fingerprint density at radius 1 is 1.33 bits per heavy atom. The first kappa shape index (κ1) is 17.5. The lowest BCUT2D eigenvalue weighted by Gasteiger charge is -2.14. The van der Waals surface area contributed by atoms with E-state index in [0.29, 0.717) is 6.61 Å². The molecule has 21 heavy (non-hydrogen) atoms. The zero-order chi connectivity index (χ0) is 15.7. The molecule has 0 amide bonds. The number of amidine groups is 1. The molecular formula is C17H28N2O2. The summed E-state index contributed by atoms with van der Waals surface area (Å²) in [6.07, 6.45) is 6.49. The van der Waals surface area contributed by atoms with E-state index in [2.05, 4.69) is 19.0 Å². The molecule has 118 valence electrons. The fourth-order valence-corrected chi connectivity index (χ4v) is 2.25. The molecule has 0 aliphatic rings. The van der Waals surface area contributed by atoms with E-state index < -0.39 is 0 Å². The number of aryl methyl sites for hydroxylation is 1. The summed E-state index contributed by atoms with van der Waals surface area (Å²) in [7, 11) is 0. The summed E-state index contributed by atoms with van der Waals surface area (Å²) >= 11 is 0. The molecule has 4 heteroatoms. The smallest absolute Gasteiger partial charge is 0.170 e.